The minimum Gasteiger partial charge on any atom is -0.468 e. The highest BCUT2D eigenvalue weighted by Crippen LogP contribution is 2.19. The molecule has 82 valence electrons. The van der Waals surface area contributed by atoms with Gasteiger partial charge in [-0.2, -0.15) is 0 Å². The average molecular weight is 225 g/mol. The normalized spacial score (nSPS) is 9.80. The summed E-state index contributed by atoms with van der Waals surface area (Å²) in [6.07, 6.45) is 2.03. The van der Waals surface area contributed by atoms with E-state index in [1.54, 1.807) is 11.8 Å². The number of anilines is 1. The third kappa shape index (κ3) is 3.47. The van der Waals surface area contributed by atoms with Gasteiger partial charge in [0.1, 0.15) is 6.54 Å². The number of rotatable bonds is 4. The van der Waals surface area contributed by atoms with Crippen LogP contribution in [0.5, 0.6) is 0 Å². The summed E-state index contributed by atoms with van der Waals surface area (Å²) in [5.41, 5.74) is 1.01. The molecule has 0 saturated heterocycles. The molecule has 0 radical (unpaired) electrons. The largest absolute Gasteiger partial charge is 0.468 e. The van der Waals surface area contributed by atoms with Gasteiger partial charge in [0.05, 0.1) is 7.11 Å². The summed E-state index contributed by atoms with van der Waals surface area (Å²) in [7, 11) is 3.26. The third-order valence-electron chi connectivity index (χ3n) is 2.11. The van der Waals surface area contributed by atoms with Gasteiger partial charge in [-0.05, 0) is 30.5 Å². The van der Waals surface area contributed by atoms with Gasteiger partial charge in [-0.1, -0.05) is 0 Å². The van der Waals surface area contributed by atoms with Crippen LogP contribution in [0.15, 0.2) is 29.2 Å². The van der Waals surface area contributed by atoms with Gasteiger partial charge in [-0.3, -0.25) is 4.79 Å². The molecular weight excluding hydrogens is 210 g/mol. The van der Waals surface area contributed by atoms with Gasteiger partial charge in [0, 0.05) is 17.6 Å². The van der Waals surface area contributed by atoms with Crippen molar-refractivity contribution in [3.63, 3.8) is 0 Å². The molecule has 1 aromatic rings. The maximum Gasteiger partial charge on any atom is 0.325 e. The highest BCUT2D eigenvalue weighted by molar-refractivity contribution is 7.98. The van der Waals surface area contributed by atoms with Crippen molar-refractivity contribution >= 4 is 23.4 Å². The molecule has 0 saturated carbocycles. The molecule has 0 aromatic heterocycles. The molecule has 0 unspecified atom stereocenters. The van der Waals surface area contributed by atoms with E-state index in [0.717, 1.165) is 5.69 Å². The zero-order chi connectivity index (χ0) is 11.3. The van der Waals surface area contributed by atoms with Crippen LogP contribution in [0.25, 0.3) is 0 Å². The molecule has 1 aromatic carbocycles. The van der Waals surface area contributed by atoms with Crippen molar-refractivity contribution in [2.24, 2.45) is 0 Å². The van der Waals surface area contributed by atoms with Gasteiger partial charge in [0.15, 0.2) is 0 Å². The van der Waals surface area contributed by atoms with E-state index in [1.807, 2.05) is 42.5 Å². The lowest BCUT2D eigenvalue weighted by atomic mass is 10.3. The summed E-state index contributed by atoms with van der Waals surface area (Å²) >= 11 is 1.70. The first-order valence-electron chi connectivity index (χ1n) is 4.59. The summed E-state index contributed by atoms with van der Waals surface area (Å²) in [6, 6.07) is 8.06. The number of carbonyl (C=O) groups is 1. The predicted molar refractivity (Wildman–Crippen MR) is 63.5 cm³/mol. The maximum atomic E-state index is 11.1. The van der Waals surface area contributed by atoms with Crippen LogP contribution in [0.3, 0.4) is 0 Å². The number of ether oxygens (including phenoxy) is 1. The van der Waals surface area contributed by atoms with E-state index < -0.39 is 0 Å². The molecule has 0 spiro atoms. The minimum atomic E-state index is -0.230. The van der Waals surface area contributed by atoms with Gasteiger partial charge >= 0.3 is 5.97 Å². The zero-order valence-corrected chi connectivity index (χ0v) is 10.0. The van der Waals surface area contributed by atoms with Crippen molar-refractivity contribution in [3.8, 4) is 0 Å². The van der Waals surface area contributed by atoms with Gasteiger partial charge in [0.2, 0.25) is 0 Å². The van der Waals surface area contributed by atoms with Crippen LogP contribution in [0.4, 0.5) is 5.69 Å². The number of esters is 1. The second-order valence-electron chi connectivity index (χ2n) is 3.13. The van der Waals surface area contributed by atoms with E-state index >= 15 is 0 Å². The van der Waals surface area contributed by atoms with Crippen LogP contribution in [-0.2, 0) is 9.53 Å². The summed E-state index contributed by atoms with van der Waals surface area (Å²) < 4.78 is 4.60. The number of hydrogen-bond donors (Lipinski definition) is 0. The van der Waals surface area contributed by atoms with E-state index in [1.165, 1.54) is 12.0 Å². The number of carbonyl (C=O) groups excluding carboxylic acids is 1. The van der Waals surface area contributed by atoms with E-state index in [-0.39, 0.29) is 12.5 Å². The zero-order valence-electron chi connectivity index (χ0n) is 9.19. The number of methoxy groups -OCH3 is 1. The lowest BCUT2D eigenvalue weighted by molar-refractivity contribution is -0.138. The maximum absolute atomic E-state index is 11.1. The highest BCUT2D eigenvalue weighted by atomic mass is 32.2. The number of benzene rings is 1. The fourth-order valence-electron chi connectivity index (χ4n) is 1.19. The second-order valence-corrected chi connectivity index (χ2v) is 4.01. The fraction of sp³-hybridized carbons (Fsp3) is 0.364. The predicted octanol–water partition coefficient (Wildman–Crippen LogP) is 2.02. The summed E-state index contributed by atoms with van der Waals surface area (Å²) in [4.78, 5) is 14.1. The first-order valence-corrected chi connectivity index (χ1v) is 5.82. The first-order chi connectivity index (χ1) is 7.17. The smallest absolute Gasteiger partial charge is 0.325 e. The quantitative estimate of drug-likeness (QED) is 0.579. The van der Waals surface area contributed by atoms with Gasteiger partial charge in [-0.15, -0.1) is 11.8 Å². The monoisotopic (exact) mass is 225 g/mol. The van der Waals surface area contributed by atoms with Crippen LogP contribution in [-0.4, -0.2) is 32.9 Å². The molecule has 0 fully saturated rings. The minimum absolute atomic E-state index is 0.230. The molecule has 1 rings (SSSR count). The Bertz CT molecular complexity index is 324. The Labute approximate surface area is 94.4 Å². The molecule has 0 amide bonds. The van der Waals surface area contributed by atoms with Crippen molar-refractivity contribution in [1.82, 2.24) is 0 Å². The molecule has 4 heteroatoms. The highest BCUT2D eigenvalue weighted by Gasteiger charge is 2.06. The van der Waals surface area contributed by atoms with Crippen molar-refractivity contribution in [3.05, 3.63) is 24.3 Å². The molecule has 0 bridgehead atoms. The molecule has 3 nitrogen and oxygen atoms in total. The number of nitrogens with zero attached hydrogens (tertiary/aromatic N) is 1. The molecule has 0 atom stereocenters. The summed E-state index contributed by atoms with van der Waals surface area (Å²) in [5, 5.41) is 0. The molecule has 0 aliphatic carbocycles. The van der Waals surface area contributed by atoms with Crippen LogP contribution in [0.2, 0.25) is 0 Å². The van der Waals surface area contributed by atoms with E-state index in [2.05, 4.69) is 4.74 Å². The standard InChI is InChI=1S/C11H15NO2S/c1-12(8-11(13)14-2)9-4-6-10(15-3)7-5-9/h4-7H,8H2,1-3H3. The number of hydrogen-bond acceptors (Lipinski definition) is 4. The van der Waals surface area contributed by atoms with Crippen LogP contribution in [0, 0.1) is 0 Å². The lowest BCUT2D eigenvalue weighted by Gasteiger charge is -2.17. The Kier molecular flexibility index (Phi) is 4.49. The van der Waals surface area contributed by atoms with Gasteiger partial charge in [-0.25, -0.2) is 0 Å². The number of likely N-dealkylation sites (N-methyl/N-ethyl adjacent to an activating group) is 1. The van der Waals surface area contributed by atoms with E-state index in [9.17, 15) is 4.79 Å². The van der Waals surface area contributed by atoms with Gasteiger partial charge < -0.3 is 9.64 Å². The average Bonchev–Trinajstić information content (AvgIpc) is 2.29. The Morgan fingerprint density at radius 1 is 1.40 bits per heavy atom. The summed E-state index contributed by atoms with van der Waals surface area (Å²) in [6.45, 7) is 0.273. The summed E-state index contributed by atoms with van der Waals surface area (Å²) in [5.74, 6) is -0.230. The van der Waals surface area contributed by atoms with Crippen molar-refractivity contribution in [2.75, 3.05) is 31.9 Å². The van der Waals surface area contributed by atoms with Crippen molar-refractivity contribution in [1.29, 1.82) is 0 Å². The fourth-order valence-corrected chi connectivity index (χ4v) is 1.59. The Morgan fingerprint density at radius 3 is 2.47 bits per heavy atom. The lowest BCUT2D eigenvalue weighted by Crippen LogP contribution is -2.26. The Morgan fingerprint density at radius 2 is 2.00 bits per heavy atom. The second kappa shape index (κ2) is 5.66. The Balaban J connectivity index is 2.65. The number of thioether (sulfide) groups is 1. The van der Waals surface area contributed by atoms with Crippen LogP contribution < -0.4 is 4.90 Å². The molecule has 0 aliphatic heterocycles. The molecular formula is C11H15NO2S. The SMILES string of the molecule is COC(=O)CN(C)c1ccc(SC)cc1. The van der Waals surface area contributed by atoms with Crippen LogP contribution in [0.1, 0.15) is 0 Å². The van der Waals surface area contributed by atoms with Crippen LogP contribution >= 0.6 is 11.8 Å². The van der Waals surface area contributed by atoms with Crippen molar-refractivity contribution < 1.29 is 9.53 Å². The van der Waals surface area contributed by atoms with E-state index in [0.29, 0.717) is 0 Å². The topological polar surface area (TPSA) is 29.5 Å². The first kappa shape index (κ1) is 11.9. The van der Waals surface area contributed by atoms with Crippen molar-refractivity contribution in [2.45, 2.75) is 4.90 Å². The Hall–Kier alpha value is -1.16. The molecule has 15 heavy (non-hydrogen) atoms. The molecule has 0 heterocycles. The molecule has 0 aliphatic rings. The molecule has 0 N–H and O–H groups in total. The van der Waals surface area contributed by atoms with E-state index in [4.69, 9.17) is 0 Å². The van der Waals surface area contributed by atoms with Gasteiger partial charge in [0.25, 0.3) is 0 Å². The third-order valence-corrected chi connectivity index (χ3v) is 2.85.